The second-order valence-corrected chi connectivity index (χ2v) is 3.18. The molecule has 0 spiro atoms. The number of hydrogen-bond donors (Lipinski definition) is 1. The van der Waals surface area contributed by atoms with Crippen LogP contribution in [0.3, 0.4) is 0 Å². The number of rotatable bonds is 4. The Balaban J connectivity index is 2.17. The highest BCUT2D eigenvalue weighted by molar-refractivity contribution is 5.90. The fourth-order valence-corrected chi connectivity index (χ4v) is 1.23. The van der Waals surface area contributed by atoms with Crippen LogP contribution >= 0.6 is 0 Å². The Morgan fingerprint density at radius 1 is 1.59 bits per heavy atom. The van der Waals surface area contributed by atoms with Gasteiger partial charge in [-0.15, -0.1) is 0 Å². The second kappa shape index (κ2) is 4.65. The van der Waals surface area contributed by atoms with Crippen LogP contribution in [0.2, 0.25) is 0 Å². The van der Waals surface area contributed by atoms with Crippen LogP contribution < -0.4 is 4.74 Å². The quantitative estimate of drug-likeness (QED) is 0.881. The maximum absolute atomic E-state index is 12.8. The normalized spacial score (nSPS) is 10.2. The molecule has 0 aromatic carbocycles. The lowest BCUT2D eigenvalue weighted by Crippen LogP contribution is -2.05. The van der Waals surface area contributed by atoms with Crippen molar-refractivity contribution >= 4 is 5.97 Å². The Hall–Kier alpha value is -2.37. The minimum Gasteiger partial charge on any atom is -0.477 e. The monoisotopic (exact) mass is 237 g/mol. The molecule has 0 radical (unpaired) electrons. The van der Waals surface area contributed by atoms with E-state index in [2.05, 4.69) is 4.98 Å². The fourth-order valence-electron chi connectivity index (χ4n) is 1.23. The molecule has 2 heterocycles. The molecule has 88 valence electrons. The van der Waals surface area contributed by atoms with Gasteiger partial charge in [-0.25, -0.2) is 14.2 Å². The topological polar surface area (TPSA) is 72.6 Å². The summed E-state index contributed by atoms with van der Waals surface area (Å²) < 4.78 is 23.0. The number of carboxylic acids is 1. The van der Waals surface area contributed by atoms with E-state index in [1.807, 2.05) is 0 Å². The van der Waals surface area contributed by atoms with Crippen LogP contribution in [0.4, 0.5) is 4.39 Å². The summed E-state index contributed by atoms with van der Waals surface area (Å²) in [5, 5.41) is 8.84. The summed E-state index contributed by atoms with van der Waals surface area (Å²) >= 11 is 0. The van der Waals surface area contributed by atoms with Crippen molar-refractivity contribution in [2.45, 2.75) is 6.61 Å². The van der Waals surface area contributed by atoms with Crippen molar-refractivity contribution in [3.8, 4) is 5.88 Å². The minimum atomic E-state index is -1.30. The van der Waals surface area contributed by atoms with Crippen LogP contribution in [0.15, 0.2) is 35.1 Å². The summed E-state index contributed by atoms with van der Waals surface area (Å²) in [5.41, 5.74) is -0.323. The molecule has 2 aromatic rings. The van der Waals surface area contributed by atoms with Gasteiger partial charge in [0.05, 0.1) is 12.5 Å². The molecule has 0 saturated carbocycles. The molecule has 0 atom stereocenters. The lowest BCUT2D eigenvalue weighted by molar-refractivity contribution is 0.0689. The zero-order valence-electron chi connectivity index (χ0n) is 8.59. The van der Waals surface area contributed by atoms with Crippen molar-refractivity contribution in [1.82, 2.24) is 4.98 Å². The summed E-state index contributed by atoms with van der Waals surface area (Å²) in [5.74, 6) is -1.65. The van der Waals surface area contributed by atoms with E-state index in [-0.39, 0.29) is 18.1 Å². The number of hydrogen-bond acceptors (Lipinski definition) is 4. The van der Waals surface area contributed by atoms with Gasteiger partial charge in [0.25, 0.3) is 0 Å². The highest BCUT2D eigenvalue weighted by Gasteiger charge is 2.14. The largest absolute Gasteiger partial charge is 0.477 e. The van der Waals surface area contributed by atoms with E-state index >= 15 is 0 Å². The van der Waals surface area contributed by atoms with Gasteiger partial charge in [0.2, 0.25) is 5.88 Å². The number of halogens is 1. The molecule has 17 heavy (non-hydrogen) atoms. The Morgan fingerprint density at radius 2 is 2.41 bits per heavy atom. The van der Waals surface area contributed by atoms with Crippen molar-refractivity contribution < 1.29 is 23.4 Å². The number of carboxylic acid groups (broad SMARTS) is 1. The van der Waals surface area contributed by atoms with Gasteiger partial charge in [0.15, 0.2) is 0 Å². The molecule has 2 aromatic heterocycles. The van der Waals surface area contributed by atoms with E-state index in [4.69, 9.17) is 14.3 Å². The molecule has 6 heteroatoms. The first-order valence-corrected chi connectivity index (χ1v) is 4.71. The fraction of sp³-hybridized carbons (Fsp3) is 0.0909. The Kier molecular flexibility index (Phi) is 3.04. The van der Waals surface area contributed by atoms with Crippen LogP contribution in [0.5, 0.6) is 5.88 Å². The van der Waals surface area contributed by atoms with E-state index in [1.165, 1.54) is 6.26 Å². The summed E-state index contributed by atoms with van der Waals surface area (Å²) in [6.07, 6.45) is 2.36. The summed E-state index contributed by atoms with van der Waals surface area (Å²) in [6.45, 7) is 0.0336. The zero-order chi connectivity index (χ0) is 12.3. The van der Waals surface area contributed by atoms with E-state index in [0.717, 1.165) is 12.3 Å². The number of carbonyl (C=O) groups is 1. The average Bonchev–Trinajstić information content (AvgIpc) is 2.80. The van der Waals surface area contributed by atoms with E-state index in [0.29, 0.717) is 5.76 Å². The number of pyridine rings is 1. The molecule has 0 fully saturated rings. The molecule has 1 N–H and O–H groups in total. The van der Waals surface area contributed by atoms with E-state index < -0.39 is 11.8 Å². The molecule has 5 nitrogen and oxygen atoms in total. The predicted octanol–water partition coefficient (Wildman–Crippen LogP) is 2.09. The van der Waals surface area contributed by atoms with Crippen molar-refractivity contribution in [1.29, 1.82) is 0 Å². The van der Waals surface area contributed by atoms with Crippen LogP contribution in [0.1, 0.15) is 16.1 Å². The number of aromatic nitrogens is 1. The molecule has 0 aliphatic rings. The van der Waals surface area contributed by atoms with Gasteiger partial charge >= 0.3 is 5.97 Å². The third-order valence-corrected chi connectivity index (χ3v) is 1.98. The zero-order valence-corrected chi connectivity index (χ0v) is 8.59. The SMILES string of the molecule is O=C(O)c1cc(F)cnc1OCc1ccco1. The minimum absolute atomic E-state index is 0.0336. The average molecular weight is 237 g/mol. The van der Waals surface area contributed by atoms with E-state index in [1.54, 1.807) is 12.1 Å². The van der Waals surface area contributed by atoms with Crippen molar-refractivity contribution in [2.75, 3.05) is 0 Å². The summed E-state index contributed by atoms with van der Waals surface area (Å²) in [4.78, 5) is 14.4. The molecule has 0 aliphatic carbocycles. The second-order valence-electron chi connectivity index (χ2n) is 3.18. The number of aromatic carboxylic acids is 1. The highest BCUT2D eigenvalue weighted by atomic mass is 19.1. The highest BCUT2D eigenvalue weighted by Crippen LogP contribution is 2.17. The smallest absolute Gasteiger partial charge is 0.341 e. The Morgan fingerprint density at radius 3 is 3.06 bits per heavy atom. The van der Waals surface area contributed by atoms with Crippen molar-refractivity contribution in [3.05, 3.63) is 47.8 Å². The molecule has 0 bridgehead atoms. The lowest BCUT2D eigenvalue weighted by atomic mass is 10.3. The molecule has 0 aliphatic heterocycles. The number of ether oxygens (including phenoxy) is 1. The van der Waals surface area contributed by atoms with Gasteiger partial charge in [-0.1, -0.05) is 0 Å². The van der Waals surface area contributed by atoms with Crippen molar-refractivity contribution in [3.63, 3.8) is 0 Å². The third-order valence-electron chi connectivity index (χ3n) is 1.98. The first-order chi connectivity index (χ1) is 8.16. The van der Waals surface area contributed by atoms with Gasteiger partial charge in [-0.05, 0) is 18.2 Å². The molecule has 0 unspecified atom stereocenters. The van der Waals surface area contributed by atoms with Gasteiger partial charge in [-0.2, -0.15) is 0 Å². The summed E-state index contributed by atoms with van der Waals surface area (Å²) in [7, 11) is 0. The van der Waals surface area contributed by atoms with Crippen LogP contribution in [0.25, 0.3) is 0 Å². The summed E-state index contributed by atoms with van der Waals surface area (Å²) in [6, 6.07) is 4.20. The molecule has 0 amide bonds. The van der Waals surface area contributed by atoms with Crippen molar-refractivity contribution in [2.24, 2.45) is 0 Å². The number of furan rings is 1. The maximum Gasteiger partial charge on any atom is 0.341 e. The standard InChI is InChI=1S/C11H8FNO4/c12-7-4-9(11(14)15)10(13-5-7)17-6-8-2-1-3-16-8/h1-5H,6H2,(H,14,15). The van der Waals surface area contributed by atoms with Gasteiger partial charge in [-0.3, -0.25) is 0 Å². The Labute approximate surface area is 95.5 Å². The van der Waals surface area contributed by atoms with Crippen LogP contribution in [-0.2, 0) is 6.61 Å². The third kappa shape index (κ3) is 2.60. The molecule has 2 rings (SSSR count). The molecule has 0 saturated heterocycles. The lowest BCUT2D eigenvalue weighted by Gasteiger charge is -2.06. The Bertz CT molecular complexity index is 524. The van der Waals surface area contributed by atoms with Gasteiger partial charge in [0.1, 0.15) is 23.7 Å². The van der Waals surface area contributed by atoms with E-state index in [9.17, 15) is 9.18 Å². The van der Waals surface area contributed by atoms with Crippen LogP contribution in [0, 0.1) is 5.82 Å². The van der Waals surface area contributed by atoms with Gasteiger partial charge in [0, 0.05) is 0 Å². The number of nitrogens with zero attached hydrogens (tertiary/aromatic N) is 1. The predicted molar refractivity (Wildman–Crippen MR) is 54.2 cm³/mol. The maximum atomic E-state index is 12.8. The first-order valence-electron chi connectivity index (χ1n) is 4.71. The molecular formula is C11H8FNO4. The van der Waals surface area contributed by atoms with Gasteiger partial charge < -0.3 is 14.3 Å². The van der Waals surface area contributed by atoms with Crippen LogP contribution in [-0.4, -0.2) is 16.1 Å². The molecular weight excluding hydrogens is 229 g/mol. The first kappa shape index (κ1) is 11.1.